The monoisotopic (exact) mass is 489 g/mol. The molecular formula is C25H35N3O5S. The minimum Gasteiger partial charge on any atom is -0.494 e. The number of nitrogens with zero attached hydrogens (tertiary/aromatic N) is 2. The first-order chi connectivity index (χ1) is 16.1. The molecule has 0 aliphatic heterocycles. The number of ether oxygens (including phenoxy) is 1. The van der Waals surface area contributed by atoms with Crippen molar-refractivity contribution >= 4 is 27.5 Å². The Hall–Kier alpha value is -3.07. The molecule has 0 heterocycles. The van der Waals surface area contributed by atoms with Crippen LogP contribution in [-0.2, 0) is 26.2 Å². The summed E-state index contributed by atoms with van der Waals surface area (Å²) in [5, 5.41) is 2.78. The number of anilines is 1. The number of aryl methyl sites for hydroxylation is 1. The highest BCUT2D eigenvalue weighted by Gasteiger charge is 2.31. The van der Waals surface area contributed by atoms with E-state index in [0.717, 1.165) is 21.7 Å². The number of sulfonamides is 1. The molecule has 0 fully saturated rings. The smallest absolute Gasteiger partial charge is 0.244 e. The topological polar surface area (TPSA) is 96.0 Å². The molecule has 2 rings (SSSR count). The van der Waals surface area contributed by atoms with Gasteiger partial charge in [-0.05, 0) is 57.0 Å². The molecule has 34 heavy (non-hydrogen) atoms. The summed E-state index contributed by atoms with van der Waals surface area (Å²) >= 11 is 0. The van der Waals surface area contributed by atoms with Crippen LogP contribution < -0.4 is 14.4 Å². The molecule has 1 atom stereocenters. The Morgan fingerprint density at radius 1 is 1.06 bits per heavy atom. The molecule has 0 saturated carbocycles. The molecule has 0 aliphatic carbocycles. The standard InChI is InChI=1S/C25H35N3O5S/c1-6-23(25(30)26-7-2)27(17-20-11-9-10-19(4)16-20)24(29)18-28(34(5,31)32)21-12-14-22(15-13-21)33-8-3/h9-16,23H,6-8,17-18H2,1-5H3,(H,26,30). The third kappa shape index (κ3) is 7.48. The van der Waals surface area contributed by atoms with Gasteiger partial charge in [-0.3, -0.25) is 13.9 Å². The van der Waals surface area contributed by atoms with Gasteiger partial charge in [-0.2, -0.15) is 0 Å². The lowest BCUT2D eigenvalue weighted by Crippen LogP contribution is -2.52. The van der Waals surface area contributed by atoms with Crippen molar-refractivity contribution < 1.29 is 22.7 Å². The van der Waals surface area contributed by atoms with Crippen LogP contribution in [0.25, 0.3) is 0 Å². The van der Waals surface area contributed by atoms with E-state index in [9.17, 15) is 18.0 Å². The quantitative estimate of drug-likeness (QED) is 0.494. The van der Waals surface area contributed by atoms with E-state index in [1.54, 1.807) is 24.3 Å². The Morgan fingerprint density at radius 3 is 2.26 bits per heavy atom. The van der Waals surface area contributed by atoms with Gasteiger partial charge in [0.1, 0.15) is 18.3 Å². The molecule has 0 aromatic heterocycles. The van der Waals surface area contributed by atoms with Gasteiger partial charge in [-0.15, -0.1) is 0 Å². The molecule has 2 aromatic carbocycles. The van der Waals surface area contributed by atoms with E-state index in [4.69, 9.17) is 4.74 Å². The minimum atomic E-state index is -3.77. The van der Waals surface area contributed by atoms with Crippen molar-refractivity contribution in [3.8, 4) is 5.75 Å². The van der Waals surface area contributed by atoms with Gasteiger partial charge >= 0.3 is 0 Å². The zero-order valence-electron chi connectivity index (χ0n) is 20.6. The summed E-state index contributed by atoms with van der Waals surface area (Å²) in [4.78, 5) is 27.8. The molecule has 0 bridgehead atoms. The van der Waals surface area contributed by atoms with E-state index in [2.05, 4.69) is 5.32 Å². The molecule has 2 aromatic rings. The maximum atomic E-state index is 13.6. The van der Waals surface area contributed by atoms with E-state index in [-0.39, 0.29) is 12.5 Å². The largest absolute Gasteiger partial charge is 0.494 e. The Kier molecular flexibility index (Phi) is 9.92. The van der Waals surface area contributed by atoms with Crippen LogP contribution in [0.5, 0.6) is 5.75 Å². The maximum Gasteiger partial charge on any atom is 0.244 e. The molecule has 9 heteroatoms. The van der Waals surface area contributed by atoms with E-state index < -0.39 is 28.5 Å². The van der Waals surface area contributed by atoms with Crippen LogP contribution in [0.1, 0.15) is 38.3 Å². The number of hydrogen-bond acceptors (Lipinski definition) is 5. The van der Waals surface area contributed by atoms with E-state index in [1.165, 1.54) is 4.90 Å². The summed E-state index contributed by atoms with van der Waals surface area (Å²) in [6, 6.07) is 13.5. The third-order valence-electron chi connectivity index (χ3n) is 5.29. The van der Waals surface area contributed by atoms with Crippen LogP contribution in [0.4, 0.5) is 5.69 Å². The fourth-order valence-corrected chi connectivity index (χ4v) is 4.56. The fourth-order valence-electron chi connectivity index (χ4n) is 3.71. The van der Waals surface area contributed by atoms with E-state index in [0.29, 0.717) is 31.0 Å². The maximum absolute atomic E-state index is 13.6. The van der Waals surface area contributed by atoms with Crippen molar-refractivity contribution in [2.75, 3.05) is 30.3 Å². The van der Waals surface area contributed by atoms with Gasteiger partial charge in [0, 0.05) is 13.1 Å². The van der Waals surface area contributed by atoms with Gasteiger partial charge < -0.3 is 15.0 Å². The Labute approximate surface area is 202 Å². The average Bonchev–Trinajstić information content (AvgIpc) is 2.77. The van der Waals surface area contributed by atoms with Crippen LogP contribution >= 0.6 is 0 Å². The zero-order valence-corrected chi connectivity index (χ0v) is 21.4. The number of likely N-dealkylation sites (N-methyl/N-ethyl adjacent to an activating group) is 1. The summed E-state index contributed by atoms with van der Waals surface area (Å²) < 4.78 is 31.7. The molecule has 0 aliphatic rings. The van der Waals surface area contributed by atoms with Gasteiger partial charge in [0.05, 0.1) is 18.6 Å². The number of nitrogens with one attached hydrogen (secondary N) is 1. The minimum absolute atomic E-state index is 0.192. The van der Waals surface area contributed by atoms with Crippen LogP contribution in [0.15, 0.2) is 48.5 Å². The molecule has 8 nitrogen and oxygen atoms in total. The third-order valence-corrected chi connectivity index (χ3v) is 6.43. The predicted octanol–water partition coefficient (Wildman–Crippen LogP) is 3.10. The molecule has 1 unspecified atom stereocenters. The van der Waals surface area contributed by atoms with E-state index >= 15 is 0 Å². The second kappa shape index (κ2) is 12.4. The van der Waals surface area contributed by atoms with Crippen molar-refractivity contribution in [1.82, 2.24) is 10.2 Å². The number of hydrogen-bond donors (Lipinski definition) is 1. The first-order valence-electron chi connectivity index (χ1n) is 11.4. The highest BCUT2D eigenvalue weighted by molar-refractivity contribution is 7.92. The summed E-state index contributed by atoms with van der Waals surface area (Å²) in [7, 11) is -3.77. The lowest BCUT2D eigenvalue weighted by molar-refractivity contribution is -0.140. The Morgan fingerprint density at radius 2 is 1.74 bits per heavy atom. The SMILES string of the molecule is CCNC(=O)C(CC)N(Cc1cccc(C)c1)C(=O)CN(c1ccc(OCC)cc1)S(C)(=O)=O. The normalized spacial score (nSPS) is 12.0. The van der Waals surface area contributed by atoms with Gasteiger partial charge in [0.15, 0.2) is 0 Å². The van der Waals surface area contributed by atoms with Gasteiger partial charge in [0.25, 0.3) is 0 Å². The van der Waals surface area contributed by atoms with Gasteiger partial charge in [-0.1, -0.05) is 36.8 Å². The average molecular weight is 490 g/mol. The van der Waals surface area contributed by atoms with Crippen LogP contribution in [-0.4, -0.2) is 57.1 Å². The number of rotatable bonds is 12. The number of carbonyl (C=O) groups is 2. The number of carbonyl (C=O) groups excluding carboxylic acids is 2. The van der Waals surface area contributed by atoms with Crippen molar-refractivity contribution in [1.29, 1.82) is 0 Å². The molecule has 2 amide bonds. The first-order valence-corrected chi connectivity index (χ1v) is 13.3. The highest BCUT2D eigenvalue weighted by Crippen LogP contribution is 2.23. The molecule has 0 radical (unpaired) electrons. The molecule has 0 saturated heterocycles. The summed E-state index contributed by atoms with van der Waals surface area (Å²) in [5.41, 5.74) is 2.24. The van der Waals surface area contributed by atoms with Crippen LogP contribution in [0.2, 0.25) is 0 Å². The number of benzene rings is 2. The Bertz CT molecular complexity index is 1070. The first kappa shape index (κ1) is 27.2. The van der Waals surface area contributed by atoms with Crippen LogP contribution in [0.3, 0.4) is 0 Å². The zero-order chi connectivity index (χ0) is 25.3. The molecular weight excluding hydrogens is 454 g/mol. The molecule has 1 N–H and O–H groups in total. The summed E-state index contributed by atoms with van der Waals surface area (Å²) in [6.45, 7) is 8.14. The number of amides is 2. The lowest BCUT2D eigenvalue weighted by atomic mass is 10.1. The molecule has 186 valence electrons. The predicted molar refractivity (Wildman–Crippen MR) is 134 cm³/mol. The Balaban J connectivity index is 2.40. The summed E-state index contributed by atoms with van der Waals surface area (Å²) in [6.07, 6.45) is 1.45. The van der Waals surface area contributed by atoms with E-state index in [1.807, 2.05) is 52.0 Å². The highest BCUT2D eigenvalue weighted by atomic mass is 32.2. The van der Waals surface area contributed by atoms with Crippen molar-refractivity contribution in [3.05, 3.63) is 59.7 Å². The second-order valence-corrected chi connectivity index (χ2v) is 9.93. The van der Waals surface area contributed by atoms with Gasteiger partial charge in [0.2, 0.25) is 21.8 Å². The van der Waals surface area contributed by atoms with Crippen LogP contribution in [0, 0.1) is 6.92 Å². The van der Waals surface area contributed by atoms with Crippen molar-refractivity contribution in [2.45, 2.75) is 46.7 Å². The fraction of sp³-hybridized carbons (Fsp3) is 0.440. The lowest BCUT2D eigenvalue weighted by Gasteiger charge is -2.32. The van der Waals surface area contributed by atoms with Crippen molar-refractivity contribution in [3.63, 3.8) is 0 Å². The molecule has 0 spiro atoms. The summed E-state index contributed by atoms with van der Waals surface area (Å²) in [5.74, 6) is -0.119. The second-order valence-electron chi connectivity index (χ2n) is 8.03. The van der Waals surface area contributed by atoms with Gasteiger partial charge in [-0.25, -0.2) is 8.42 Å². The van der Waals surface area contributed by atoms with Crippen molar-refractivity contribution in [2.24, 2.45) is 0 Å².